The van der Waals surface area contributed by atoms with E-state index in [0.717, 1.165) is 42.7 Å². The van der Waals surface area contributed by atoms with Gasteiger partial charge in [0.2, 0.25) is 5.91 Å². The summed E-state index contributed by atoms with van der Waals surface area (Å²) in [5.74, 6) is -0.0275. The number of hydrogen-bond acceptors (Lipinski definition) is 4. The molecule has 116 valence electrons. The van der Waals surface area contributed by atoms with E-state index in [-0.39, 0.29) is 12.0 Å². The molecule has 1 atom stereocenters. The summed E-state index contributed by atoms with van der Waals surface area (Å²) in [6.45, 7) is 4.91. The summed E-state index contributed by atoms with van der Waals surface area (Å²) < 4.78 is 6.41. The van der Waals surface area contributed by atoms with E-state index in [1.807, 2.05) is 0 Å². The Morgan fingerprint density at radius 3 is 3.00 bits per heavy atom. The van der Waals surface area contributed by atoms with Gasteiger partial charge in [0.15, 0.2) is 0 Å². The van der Waals surface area contributed by atoms with Crippen LogP contribution >= 0.6 is 15.9 Å². The van der Waals surface area contributed by atoms with Crippen molar-refractivity contribution >= 4 is 33.2 Å². The largest absolute Gasteiger partial charge is 0.399 e. The monoisotopic (exact) mass is 355 g/mol. The zero-order valence-corrected chi connectivity index (χ0v) is 13.9. The van der Waals surface area contributed by atoms with Crippen molar-refractivity contribution in [2.45, 2.75) is 25.9 Å². The normalized spacial score (nSPS) is 18.1. The van der Waals surface area contributed by atoms with Gasteiger partial charge in [0.25, 0.3) is 0 Å². The molecule has 5 nitrogen and oxygen atoms in total. The van der Waals surface area contributed by atoms with Gasteiger partial charge in [0.05, 0.1) is 18.3 Å². The van der Waals surface area contributed by atoms with E-state index in [0.29, 0.717) is 12.2 Å². The maximum Gasteiger partial charge on any atom is 0.238 e. The number of amides is 1. The van der Waals surface area contributed by atoms with Crippen LogP contribution in [0.3, 0.4) is 0 Å². The van der Waals surface area contributed by atoms with Crippen molar-refractivity contribution in [3.8, 4) is 0 Å². The second-order valence-corrected chi connectivity index (χ2v) is 6.10. The second kappa shape index (κ2) is 7.77. The Morgan fingerprint density at radius 1 is 1.57 bits per heavy atom. The summed E-state index contributed by atoms with van der Waals surface area (Å²) in [5.41, 5.74) is 7.09. The molecule has 0 aliphatic carbocycles. The van der Waals surface area contributed by atoms with Gasteiger partial charge in [-0.05, 0) is 53.5 Å². The number of nitrogens with two attached hydrogens (primary N) is 1. The summed E-state index contributed by atoms with van der Waals surface area (Å²) >= 11 is 3.40. The van der Waals surface area contributed by atoms with Crippen molar-refractivity contribution in [2.24, 2.45) is 0 Å². The molecule has 2 rings (SSSR count). The maximum atomic E-state index is 12.1. The zero-order chi connectivity index (χ0) is 15.2. The number of nitrogen functional groups attached to an aromatic ring is 1. The van der Waals surface area contributed by atoms with Crippen LogP contribution < -0.4 is 11.1 Å². The molecular formula is C15H22BrN3O2. The van der Waals surface area contributed by atoms with Crippen LogP contribution in [0.1, 0.15) is 19.8 Å². The fourth-order valence-electron chi connectivity index (χ4n) is 2.41. The average molecular weight is 356 g/mol. The Bertz CT molecular complexity index is 490. The Kier molecular flexibility index (Phi) is 6.02. The number of likely N-dealkylation sites (N-methyl/N-ethyl adjacent to an activating group) is 1. The minimum absolute atomic E-state index is 0.0275. The van der Waals surface area contributed by atoms with E-state index in [2.05, 4.69) is 33.1 Å². The van der Waals surface area contributed by atoms with E-state index in [1.54, 1.807) is 18.2 Å². The average Bonchev–Trinajstić information content (AvgIpc) is 2.94. The van der Waals surface area contributed by atoms with Crippen LogP contribution in [-0.2, 0) is 9.53 Å². The number of ether oxygens (including phenoxy) is 1. The molecule has 0 radical (unpaired) electrons. The van der Waals surface area contributed by atoms with E-state index in [9.17, 15) is 4.79 Å². The highest BCUT2D eigenvalue weighted by atomic mass is 79.9. The minimum Gasteiger partial charge on any atom is -0.399 e. The molecule has 1 fully saturated rings. The molecule has 3 N–H and O–H groups in total. The first-order valence-electron chi connectivity index (χ1n) is 7.27. The summed E-state index contributed by atoms with van der Waals surface area (Å²) in [6.07, 6.45) is 2.47. The van der Waals surface area contributed by atoms with Gasteiger partial charge in [0.1, 0.15) is 0 Å². The van der Waals surface area contributed by atoms with E-state index >= 15 is 0 Å². The predicted octanol–water partition coefficient (Wildman–Crippen LogP) is 2.47. The van der Waals surface area contributed by atoms with Crippen LogP contribution in [0.5, 0.6) is 0 Å². The Balaban J connectivity index is 1.86. The smallest absolute Gasteiger partial charge is 0.238 e. The highest BCUT2D eigenvalue weighted by molar-refractivity contribution is 9.10. The van der Waals surface area contributed by atoms with Crippen molar-refractivity contribution in [3.05, 3.63) is 22.7 Å². The summed E-state index contributed by atoms with van der Waals surface area (Å²) in [7, 11) is 0. The topological polar surface area (TPSA) is 67.6 Å². The molecule has 1 aliphatic rings. The highest BCUT2D eigenvalue weighted by Gasteiger charge is 2.20. The Hall–Kier alpha value is -1.11. The van der Waals surface area contributed by atoms with Crippen molar-refractivity contribution in [1.29, 1.82) is 0 Å². The quantitative estimate of drug-likeness (QED) is 0.769. The zero-order valence-electron chi connectivity index (χ0n) is 12.3. The number of anilines is 2. The standard InChI is InChI=1S/C15H22BrN3O2/c1-2-19(9-12-4-3-7-21-12)10-15(20)18-14-6-5-11(17)8-13(14)16/h5-6,8,12H,2-4,7,9-10,17H2,1H3,(H,18,20). The molecule has 0 bridgehead atoms. The first-order chi connectivity index (χ1) is 10.1. The lowest BCUT2D eigenvalue weighted by Crippen LogP contribution is -2.38. The fourth-order valence-corrected chi connectivity index (χ4v) is 2.90. The van der Waals surface area contributed by atoms with E-state index in [1.165, 1.54) is 0 Å². The third-order valence-electron chi connectivity index (χ3n) is 3.57. The lowest BCUT2D eigenvalue weighted by Gasteiger charge is -2.23. The molecule has 1 aliphatic heterocycles. The molecule has 0 saturated carbocycles. The van der Waals surface area contributed by atoms with Gasteiger partial charge in [-0.15, -0.1) is 0 Å². The SMILES string of the molecule is CCN(CC(=O)Nc1ccc(N)cc1Br)CC1CCCO1. The lowest BCUT2D eigenvalue weighted by atomic mass is 10.2. The number of carbonyl (C=O) groups excluding carboxylic acids is 1. The van der Waals surface area contributed by atoms with Crippen LogP contribution in [0.15, 0.2) is 22.7 Å². The van der Waals surface area contributed by atoms with Gasteiger partial charge in [-0.25, -0.2) is 0 Å². The molecule has 1 heterocycles. The lowest BCUT2D eigenvalue weighted by molar-refractivity contribution is -0.117. The fraction of sp³-hybridized carbons (Fsp3) is 0.533. The van der Waals surface area contributed by atoms with Crippen molar-refractivity contribution in [1.82, 2.24) is 4.90 Å². The van der Waals surface area contributed by atoms with Crippen LogP contribution in [0, 0.1) is 0 Å². The molecule has 1 amide bonds. The molecule has 0 aromatic heterocycles. The molecule has 6 heteroatoms. The highest BCUT2D eigenvalue weighted by Crippen LogP contribution is 2.24. The molecule has 1 saturated heterocycles. The number of carbonyl (C=O) groups is 1. The maximum absolute atomic E-state index is 12.1. The third-order valence-corrected chi connectivity index (χ3v) is 4.22. The summed E-state index contributed by atoms with van der Waals surface area (Å²) in [5, 5.41) is 2.90. The van der Waals surface area contributed by atoms with Crippen molar-refractivity contribution in [2.75, 3.05) is 37.3 Å². The molecule has 1 unspecified atom stereocenters. The summed E-state index contributed by atoms with van der Waals surface area (Å²) in [4.78, 5) is 14.3. The van der Waals surface area contributed by atoms with Gasteiger partial charge in [-0.3, -0.25) is 9.69 Å². The minimum atomic E-state index is -0.0275. The first-order valence-corrected chi connectivity index (χ1v) is 8.06. The number of nitrogens with one attached hydrogen (secondary N) is 1. The third kappa shape index (κ3) is 4.98. The molecule has 0 spiro atoms. The van der Waals surface area contributed by atoms with Crippen molar-refractivity contribution in [3.63, 3.8) is 0 Å². The first kappa shape index (κ1) is 16.3. The van der Waals surface area contributed by atoms with Crippen molar-refractivity contribution < 1.29 is 9.53 Å². The van der Waals surface area contributed by atoms with Gasteiger partial charge in [-0.1, -0.05) is 6.92 Å². The molecule has 1 aromatic carbocycles. The number of hydrogen-bond donors (Lipinski definition) is 2. The van der Waals surface area contributed by atoms with Gasteiger partial charge < -0.3 is 15.8 Å². The number of benzene rings is 1. The van der Waals surface area contributed by atoms with Gasteiger partial charge >= 0.3 is 0 Å². The predicted molar refractivity (Wildman–Crippen MR) is 88.3 cm³/mol. The Labute approximate surface area is 134 Å². The number of rotatable bonds is 6. The summed E-state index contributed by atoms with van der Waals surface area (Å²) in [6, 6.07) is 5.34. The van der Waals surface area contributed by atoms with E-state index < -0.39 is 0 Å². The van der Waals surface area contributed by atoms with Crippen LogP contribution in [0.25, 0.3) is 0 Å². The van der Waals surface area contributed by atoms with E-state index in [4.69, 9.17) is 10.5 Å². The van der Waals surface area contributed by atoms with Crippen LogP contribution in [-0.4, -0.2) is 43.2 Å². The van der Waals surface area contributed by atoms with Crippen LogP contribution in [0.4, 0.5) is 11.4 Å². The van der Waals surface area contributed by atoms with Gasteiger partial charge in [0, 0.05) is 23.3 Å². The Morgan fingerprint density at radius 2 is 2.38 bits per heavy atom. The van der Waals surface area contributed by atoms with Crippen LogP contribution in [0.2, 0.25) is 0 Å². The molecule has 21 heavy (non-hydrogen) atoms. The molecule has 1 aromatic rings. The second-order valence-electron chi connectivity index (χ2n) is 5.25. The molecular weight excluding hydrogens is 334 g/mol. The number of nitrogens with zero attached hydrogens (tertiary/aromatic N) is 1. The number of halogens is 1. The van der Waals surface area contributed by atoms with Gasteiger partial charge in [-0.2, -0.15) is 0 Å².